The van der Waals surface area contributed by atoms with Crippen LogP contribution in [0.25, 0.3) is 0 Å². The topological polar surface area (TPSA) is 34.1 Å². The van der Waals surface area contributed by atoms with Crippen LogP contribution in [0.1, 0.15) is 20.3 Å². The summed E-state index contributed by atoms with van der Waals surface area (Å²) in [6.07, 6.45) is 0.769. The predicted octanol–water partition coefficient (Wildman–Crippen LogP) is 2.60. The van der Waals surface area contributed by atoms with Gasteiger partial charge in [-0.2, -0.15) is 0 Å². The van der Waals surface area contributed by atoms with Gasteiger partial charge in [0, 0.05) is 0 Å². The van der Waals surface area contributed by atoms with Crippen molar-refractivity contribution in [2.24, 2.45) is 5.92 Å². The average molecular weight is 402 g/mol. The molecule has 0 aliphatic heterocycles. The Kier molecular flexibility index (Phi) is 5.87. The quantitative estimate of drug-likeness (QED) is 0.536. The summed E-state index contributed by atoms with van der Waals surface area (Å²) < 4.78 is 22.2. The van der Waals surface area contributed by atoms with Gasteiger partial charge in [-0.25, -0.2) is 8.42 Å². The third-order valence-corrected chi connectivity index (χ3v) is 7.25. The first-order chi connectivity index (χ1) is 4.86. The molecule has 0 spiro atoms. The highest BCUT2D eigenvalue weighted by Crippen LogP contribution is 2.20. The number of hydrogen-bond acceptors (Lipinski definition) is 2. The minimum atomic E-state index is -2.82. The Morgan fingerprint density at radius 3 is 2.00 bits per heavy atom. The summed E-state index contributed by atoms with van der Waals surface area (Å²) in [5.74, 6) is 0.789. The van der Waals surface area contributed by atoms with E-state index in [4.69, 9.17) is 0 Å². The van der Waals surface area contributed by atoms with Gasteiger partial charge in [0.05, 0.1) is 5.75 Å². The SMILES string of the molecule is CC(C)CCS(=O)(=O)C(I)I. The molecule has 0 saturated carbocycles. The fourth-order valence-corrected chi connectivity index (χ4v) is 2.99. The van der Waals surface area contributed by atoms with Crippen molar-refractivity contribution in [3.63, 3.8) is 0 Å². The van der Waals surface area contributed by atoms with Gasteiger partial charge in [0.2, 0.25) is 0 Å². The Hall–Kier alpha value is 1.41. The van der Waals surface area contributed by atoms with E-state index in [1.54, 1.807) is 0 Å². The van der Waals surface area contributed by atoms with Crippen LogP contribution < -0.4 is 0 Å². The molecule has 2 nitrogen and oxygen atoms in total. The van der Waals surface area contributed by atoms with Crippen LogP contribution in [0.4, 0.5) is 0 Å². The molecule has 0 radical (unpaired) electrons. The summed E-state index contributed by atoms with van der Waals surface area (Å²) in [5.41, 5.74) is 0. The molecule has 0 heterocycles. The number of sulfone groups is 1. The van der Waals surface area contributed by atoms with E-state index in [0.717, 1.165) is 6.42 Å². The van der Waals surface area contributed by atoms with Gasteiger partial charge in [-0.05, 0) is 12.3 Å². The lowest BCUT2D eigenvalue weighted by Crippen LogP contribution is -2.14. The van der Waals surface area contributed by atoms with Crippen LogP contribution >= 0.6 is 45.2 Å². The summed E-state index contributed by atoms with van der Waals surface area (Å²) in [5, 5.41) is 0. The Balaban J connectivity index is 3.95. The van der Waals surface area contributed by atoms with Crippen LogP contribution in [0.2, 0.25) is 0 Å². The van der Waals surface area contributed by atoms with Gasteiger partial charge in [-0.15, -0.1) is 0 Å². The molecule has 0 aromatic carbocycles. The Morgan fingerprint density at radius 1 is 1.27 bits per heavy atom. The summed E-state index contributed by atoms with van der Waals surface area (Å²) in [6.45, 7) is 4.07. The molecule has 0 aliphatic carbocycles. The first-order valence-corrected chi connectivity index (χ1v) is 7.56. The molecule has 0 aliphatic rings. The van der Waals surface area contributed by atoms with Crippen molar-refractivity contribution in [2.75, 3.05) is 5.75 Å². The third kappa shape index (κ3) is 5.62. The molecular weight excluding hydrogens is 390 g/mol. The van der Waals surface area contributed by atoms with Gasteiger partial charge in [-0.3, -0.25) is 0 Å². The zero-order chi connectivity index (χ0) is 9.07. The van der Waals surface area contributed by atoms with E-state index in [9.17, 15) is 8.42 Å². The highest BCUT2D eigenvalue weighted by Gasteiger charge is 2.18. The molecule has 11 heavy (non-hydrogen) atoms. The zero-order valence-electron chi connectivity index (χ0n) is 6.55. The fourth-order valence-electron chi connectivity index (χ4n) is 0.489. The van der Waals surface area contributed by atoms with E-state index in [0.29, 0.717) is 11.7 Å². The maximum absolute atomic E-state index is 11.2. The lowest BCUT2D eigenvalue weighted by Gasteiger charge is -2.06. The van der Waals surface area contributed by atoms with Crippen LogP contribution in [0.5, 0.6) is 0 Å². The van der Waals surface area contributed by atoms with E-state index in [1.807, 2.05) is 59.0 Å². The summed E-state index contributed by atoms with van der Waals surface area (Å²) in [7, 11) is -2.82. The lowest BCUT2D eigenvalue weighted by atomic mass is 10.2. The number of alkyl halides is 2. The Bertz CT molecular complexity index is 197. The summed E-state index contributed by atoms with van der Waals surface area (Å²) in [6, 6.07) is 0. The van der Waals surface area contributed by atoms with Crippen molar-refractivity contribution in [3.8, 4) is 0 Å². The molecule has 0 aromatic heterocycles. The third-order valence-electron chi connectivity index (χ3n) is 1.25. The van der Waals surface area contributed by atoms with Crippen molar-refractivity contribution in [3.05, 3.63) is 0 Å². The van der Waals surface area contributed by atoms with Gasteiger partial charge in [0.1, 0.15) is 0 Å². The van der Waals surface area contributed by atoms with Crippen molar-refractivity contribution >= 4 is 55.0 Å². The predicted molar refractivity (Wildman–Crippen MR) is 65.1 cm³/mol. The molecule has 0 saturated heterocycles. The lowest BCUT2D eigenvalue weighted by molar-refractivity contribution is 0.577. The molecule has 68 valence electrons. The monoisotopic (exact) mass is 402 g/mol. The molecule has 0 amide bonds. The molecule has 0 fully saturated rings. The molecule has 0 atom stereocenters. The maximum Gasteiger partial charge on any atom is 0.171 e. The van der Waals surface area contributed by atoms with E-state index in [2.05, 4.69) is 0 Å². The van der Waals surface area contributed by atoms with E-state index in [-0.39, 0.29) is 1.26 Å². The van der Waals surface area contributed by atoms with Crippen LogP contribution in [0.15, 0.2) is 0 Å². The standard InChI is InChI=1S/C6H12I2O2S/c1-5(2)3-4-11(9,10)6(7)8/h5-6H,3-4H2,1-2H3. The Labute approximate surface area is 95.7 Å². The summed E-state index contributed by atoms with van der Waals surface area (Å²) in [4.78, 5) is 0. The number of rotatable bonds is 4. The second-order valence-corrected chi connectivity index (χ2v) is 11.6. The summed E-state index contributed by atoms with van der Waals surface area (Å²) >= 11 is 3.86. The first kappa shape index (κ1) is 12.4. The minimum Gasteiger partial charge on any atom is -0.227 e. The molecule has 5 heteroatoms. The van der Waals surface area contributed by atoms with Gasteiger partial charge in [-0.1, -0.05) is 59.0 Å². The van der Waals surface area contributed by atoms with E-state index < -0.39 is 9.84 Å². The first-order valence-electron chi connectivity index (χ1n) is 3.36. The second-order valence-electron chi connectivity index (χ2n) is 2.81. The van der Waals surface area contributed by atoms with Gasteiger partial charge >= 0.3 is 0 Å². The molecule has 0 aromatic rings. The maximum atomic E-state index is 11.2. The number of halogens is 2. The fraction of sp³-hybridized carbons (Fsp3) is 1.00. The highest BCUT2D eigenvalue weighted by atomic mass is 127. The van der Waals surface area contributed by atoms with E-state index in [1.165, 1.54) is 0 Å². The van der Waals surface area contributed by atoms with Crippen molar-refractivity contribution in [1.82, 2.24) is 0 Å². The zero-order valence-corrected chi connectivity index (χ0v) is 11.7. The molecule has 0 rings (SSSR count). The van der Waals surface area contributed by atoms with Crippen LogP contribution in [-0.4, -0.2) is 15.4 Å². The average Bonchev–Trinajstić information content (AvgIpc) is 1.84. The smallest absolute Gasteiger partial charge is 0.171 e. The molecular formula is C6H12I2O2S. The van der Waals surface area contributed by atoms with Crippen LogP contribution in [0.3, 0.4) is 0 Å². The molecule has 0 unspecified atom stereocenters. The van der Waals surface area contributed by atoms with Crippen LogP contribution in [-0.2, 0) is 9.84 Å². The van der Waals surface area contributed by atoms with Gasteiger partial charge < -0.3 is 0 Å². The number of hydrogen-bond donors (Lipinski definition) is 0. The van der Waals surface area contributed by atoms with E-state index >= 15 is 0 Å². The highest BCUT2D eigenvalue weighted by molar-refractivity contribution is 14.2. The normalized spacial score (nSPS) is 12.9. The second kappa shape index (κ2) is 5.21. The molecule has 0 bridgehead atoms. The minimum absolute atomic E-state index is 0.281. The van der Waals surface area contributed by atoms with Crippen molar-refractivity contribution < 1.29 is 8.42 Å². The molecule has 0 N–H and O–H groups in total. The van der Waals surface area contributed by atoms with Crippen molar-refractivity contribution in [2.45, 2.75) is 21.5 Å². The van der Waals surface area contributed by atoms with Gasteiger partial charge in [0.25, 0.3) is 0 Å². The van der Waals surface area contributed by atoms with Gasteiger partial charge in [0.15, 0.2) is 11.1 Å². The Morgan fingerprint density at radius 2 is 1.73 bits per heavy atom. The van der Waals surface area contributed by atoms with Crippen molar-refractivity contribution in [1.29, 1.82) is 0 Å². The largest absolute Gasteiger partial charge is 0.227 e. The van der Waals surface area contributed by atoms with Crippen LogP contribution in [0, 0.1) is 5.92 Å².